The molecule has 3 atom stereocenters. The van der Waals surface area contributed by atoms with Crippen LogP contribution >= 0.6 is 11.5 Å². The first-order chi connectivity index (χ1) is 9.04. The maximum atomic E-state index is 11.9. The van der Waals surface area contributed by atoms with E-state index in [1.165, 1.54) is 18.0 Å². The molecule has 1 aliphatic rings. The Hall–Kier alpha value is -1.30. The molecule has 1 fully saturated rings. The molecule has 19 heavy (non-hydrogen) atoms. The smallest absolute Gasteiger partial charge is 0.344 e. The van der Waals surface area contributed by atoms with Crippen LogP contribution < -0.4 is 11.1 Å². The molecule has 0 aromatic carbocycles. The summed E-state index contributed by atoms with van der Waals surface area (Å²) in [6, 6.07) is 0.378. The SMILES string of the molecule is CCOC(=O)c1c(N)nsc1NC1CCC(C)C1C. The minimum Gasteiger partial charge on any atom is -0.462 e. The maximum Gasteiger partial charge on any atom is 0.344 e. The second kappa shape index (κ2) is 5.77. The summed E-state index contributed by atoms with van der Waals surface area (Å²) in [5.41, 5.74) is 6.15. The van der Waals surface area contributed by atoms with Gasteiger partial charge in [-0.15, -0.1) is 0 Å². The van der Waals surface area contributed by atoms with Gasteiger partial charge < -0.3 is 15.8 Å². The van der Waals surface area contributed by atoms with Crippen LogP contribution in [0.4, 0.5) is 10.8 Å². The number of carbonyl (C=O) groups is 1. The molecular weight excluding hydrogens is 262 g/mol. The highest BCUT2D eigenvalue weighted by Gasteiger charge is 2.31. The van der Waals surface area contributed by atoms with Crippen molar-refractivity contribution in [3.8, 4) is 0 Å². The Morgan fingerprint density at radius 2 is 2.26 bits per heavy atom. The summed E-state index contributed by atoms with van der Waals surface area (Å²) in [6.45, 7) is 6.62. The van der Waals surface area contributed by atoms with Crippen molar-refractivity contribution in [3.05, 3.63) is 5.56 Å². The first-order valence-electron chi connectivity index (χ1n) is 6.73. The normalized spacial score (nSPS) is 26.4. The standard InChI is InChI=1S/C13H21N3O2S/c1-4-18-13(17)10-11(14)16-19-12(10)15-9-6-5-7(2)8(9)3/h7-9,15H,4-6H2,1-3H3,(H2,14,16). The molecule has 1 aliphatic carbocycles. The Morgan fingerprint density at radius 3 is 2.84 bits per heavy atom. The number of nitrogens with zero attached hydrogens (tertiary/aromatic N) is 1. The van der Waals surface area contributed by atoms with Crippen LogP contribution in [-0.2, 0) is 4.74 Å². The van der Waals surface area contributed by atoms with Crippen molar-refractivity contribution < 1.29 is 9.53 Å². The lowest BCUT2D eigenvalue weighted by Crippen LogP contribution is -2.24. The summed E-state index contributed by atoms with van der Waals surface area (Å²) in [5, 5.41) is 4.16. The second-order valence-electron chi connectivity index (χ2n) is 5.16. The Kier molecular flexibility index (Phi) is 4.29. The lowest BCUT2D eigenvalue weighted by Gasteiger charge is -2.20. The fourth-order valence-electron chi connectivity index (χ4n) is 2.54. The number of hydrogen-bond donors (Lipinski definition) is 2. The minimum atomic E-state index is -0.394. The Labute approximate surface area is 117 Å². The molecule has 0 amide bonds. The highest BCUT2D eigenvalue weighted by atomic mass is 32.1. The van der Waals surface area contributed by atoms with Crippen LogP contribution in [0.3, 0.4) is 0 Å². The summed E-state index contributed by atoms with van der Waals surface area (Å²) >= 11 is 1.23. The van der Waals surface area contributed by atoms with Crippen LogP contribution in [0.5, 0.6) is 0 Å². The van der Waals surface area contributed by atoms with Gasteiger partial charge in [0.1, 0.15) is 10.6 Å². The number of anilines is 2. The van der Waals surface area contributed by atoms with Crippen molar-refractivity contribution in [3.63, 3.8) is 0 Å². The quantitative estimate of drug-likeness (QED) is 0.831. The van der Waals surface area contributed by atoms with Crippen LogP contribution in [0.1, 0.15) is 44.0 Å². The molecule has 1 aromatic rings. The number of rotatable bonds is 4. The molecule has 0 saturated heterocycles. The van der Waals surface area contributed by atoms with E-state index < -0.39 is 5.97 Å². The summed E-state index contributed by atoms with van der Waals surface area (Å²) in [7, 11) is 0. The molecule has 0 bridgehead atoms. The van der Waals surface area contributed by atoms with Gasteiger partial charge in [0, 0.05) is 6.04 Å². The molecule has 3 unspecified atom stereocenters. The van der Waals surface area contributed by atoms with Gasteiger partial charge in [0.2, 0.25) is 0 Å². The Balaban J connectivity index is 2.15. The third kappa shape index (κ3) is 2.83. The lowest BCUT2D eigenvalue weighted by molar-refractivity contribution is 0.0529. The van der Waals surface area contributed by atoms with E-state index >= 15 is 0 Å². The third-order valence-electron chi connectivity index (χ3n) is 3.98. The predicted octanol–water partition coefficient (Wildman–Crippen LogP) is 2.75. The number of carbonyl (C=O) groups excluding carboxylic acids is 1. The maximum absolute atomic E-state index is 11.9. The zero-order chi connectivity index (χ0) is 14.0. The van der Waals surface area contributed by atoms with Crippen LogP contribution in [0.2, 0.25) is 0 Å². The number of nitrogens with one attached hydrogen (secondary N) is 1. The molecular formula is C13H21N3O2S. The van der Waals surface area contributed by atoms with Gasteiger partial charge in [-0.05, 0) is 43.1 Å². The monoisotopic (exact) mass is 283 g/mol. The molecule has 2 rings (SSSR count). The van der Waals surface area contributed by atoms with Crippen molar-refractivity contribution in [2.24, 2.45) is 11.8 Å². The average molecular weight is 283 g/mol. The highest BCUT2D eigenvalue weighted by molar-refractivity contribution is 7.11. The van der Waals surface area contributed by atoms with E-state index in [1.807, 2.05) is 0 Å². The van der Waals surface area contributed by atoms with E-state index in [2.05, 4.69) is 23.5 Å². The van der Waals surface area contributed by atoms with Gasteiger partial charge in [0.05, 0.1) is 6.61 Å². The summed E-state index contributed by atoms with van der Waals surface area (Å²) in [6.07, 6.45) is 2.32. The molecule has 0 spiro atoms. The second-order valence-corrected chi connectivity index (χ2v) is 5.93. The van der Waals surface area contributed by atoms with E-state index in [0.717, 1.165) is 11.4 Å². The molecule has 0 radical (unpaired) electrons. The molecule has 1 saturated carbocycles. The van der Waals surface area contributed by atoms with Gasteiger partial charge in [0.25, 0.3) is 0 Å². The lowest BCUT2D eigenvalue weighted by atomic mass is 9.98. The van der Waals surface area contributed by atoms with Crippen LogP contribution in [-0.4, -0.2) is 23.0 Å². The number of esters is 1. The van der Waals surface area contributed by atoms with E-state index in [4.69, 9.17) is 10.5 Å². The Morgan fingerprint density at radius 1 is 1.53 bits per heavy atom. The van der Waals surface area contributed by atoms with Crippen molar-refractivity contribution in [2.75, 3.05) is 17.7 Å². The summed E-state index contributed by atoms with van der Waals surface area (Å²) < 4.78 is 9.09. The van der Waals surface area contributed by atoms with Crippen LogP contribution in [0.25, 0.3) is 0 Å². The minimum absolute atomic E-state index is 0.254. The Bertz CT molecular complexity index is 461. The van der Waals surface area contributed by atoms with E-state index in [-0.39, 0.29) is 5.82 Å². The van der Waals surface area contributed by atoms with E-state index in [9.17, 15) is 4.79 Å². The molecule has 6 heteroatoms. The highest BCUT2D eigenvalue weighted by Crippen LogP contribution is 2.36. The number of nitrogens with two attached hydrogens (primary N) is 1. The largest absolute Gasteiger partial charge is 0.462 e. The molecule has 1 heterocycles. The number of hydrogen-bond acceptors (Lipinski definition) is 6. The first-order valence-corrected chi connectivity index (χ1v) is 7.50. The fourth-order valence-corrected chi connectivity index (χ4v) is 3.30. The zero-order valence-electron chi connectivity index (χ0n) is 11.6. The summed E-state index contributed by atoms with van der Waals surface area (Å²) in [5.74, 6) is 1.15. The molecule has 5 nitrogen and oxygen atoms in total. The van der Waals surface area contributed by atoms with Crippen LogP contribution in [0.15, 0.2) is 0 Å². The van der Waals surface area contributed by atoms with Crippen molar-refractivity contribution >= 4 is 28.3 Å². The molecule has 0 aliphatic heterocycles. The topological polar surface area (TPSA) is 77.2 Å². The van der Waals surface area contributed by atoms with Crippen molar-refractivity contribution in [1.29, 1.82) is 0 Å². The first kappa shape index (κ1) is 14.1. The van der Waals surface area contributed by atoms with Gasteiger partial charge in [-0.3, -0.25) is 0 Å². The predicted molar refractivity (Wildman–Crippen MR) is 77.5 cm³/mol. The van der Waals surface area contributed by atoms with Gasteiger partial charge in [0.15, 0.2) is 5.82 Å². The van der Waals surface area contributed by atoms with Gasteiger partial charge >= 0.3 is 5.97 Å². The van der Waals surface area contributed by atoms with Gasteiger partial charge in [-0.1, -0.05) is 13.8 Å². The molecule has 106 valence electrons. The summed E-state index contributed by atoms with van der Waals surface area (Å²) in [4.78, 5) is 11.9. The fraction of sp³-hybridized carbons (Fsp3) is 0.692. The molecule has 1 aromatic heterocycles. The number of aromatic nitrogens is 1. The average Bonchev–Trinajstić information content (AvgIpc) is 2.88. The third-order valence-corrected chi connectivity index (χ3v) is 4.77. The number of ether oxygens (including phenoxy) is 1. The molecule has 3 N–H and O–H groups in total. The van der Waals surface area contributed by atoms with Gasteiger partial charge in [-0.25, -0.2) is 4.79 Å². The van der Waals surface area contributed by atoms with Gasteiger partial charge in [-0.2, -0.15) is 4.37 Å². The van der Waals surface area contributed by atoms with Crippen LogP contribution in [0, 0.1) is 11.8 Å². The van der Waals surface area contributed by atoms with E-state index in [1.54, 1.807) is 6.92 Å². The van der Waals surface area contributed by atoms with E-state index in [0.29, 0.717) is 30.0 Å². The number of nitrogen functional groups attached to an aromatic ring is 1. The zero-order valence-corrected chi connectivity index (χ0v) is 12.4. The van der Waals surface area contributed by atoms with Crippen molar-refractivity contribution in [2.45, 2.75) is 39.7 Å². The van der Waals surface area contributed by atoms with Crippen molar-refractivity contribution in [1.82, 2.24) is 4.37 Å².